The Morgan fingerprint density at radius 3 is 2.00 bits per heavy atom. The Morgan fingerprint density at radius 2 is 1.48 bits per heavy atom. The molecule has 0 saturated carbocycles. The van der Waals surface area contributed by atoms with Crippen LogP contribution in [0.25, 0.3) is 0 Å². The summed E-state index contributed by atoms with van der Waals surface area (Å²) >= 11 is 0. The Morgan fingerprint density at radius 1 is 0.886 bits per heavy atom. The van der Waals surface area contributed by atoms with Crippen molar-refractivity contribution in [3.05, 3.63) is 89.5 Å². The van der Waals surface area contributed by atoms with E-state index in [-0.39, 0.29) is 12.2 Å². The third kappa shape index (κ3) is 9.23. The molecule has 0 fully saturated rings. The van der Waals surface area contributed by atoms with Crippen molar-refractivity contribution in [2.75, 3.05) is 12.4 Å². The number of aromatic hydroxyl groups is 1. The second-order valence-electron chi connectivity index (χ2n) is 12.5. The van der Waals surface area contributed by atoms with Gasteiger partial charge in [-0.15, -0.1) is 0 Å². The lowest BCUT2D eigenvalue weighted by atomic mass is 9.91. The molecule has 9 nitrogen and oxygen atoms in total. The Hall–Kier alpha value is -4.53. The van der Waals surface area contributed by atoms with Gasteiger partial charge in [-0.3, -0.25) is 9.59 Å². The van der Waals surface area contributed by atoms with Crippen molar-refractivity contribution in [2.24, 2.45) is 0 Å². The first-order chi connectivity index (χ1) is 20.6. The molecule has 0 aliphatic carbocycles. The number of hydrogen-bond acceptors (Lipinski definition) is 6. The predicted molar refractivity (Wildman–Crippen MR) is 172 cm³/mol. The lowest BCUT2D eigenvalue weighted by Crippen LogP contribution is -2.59. The minimum absolute atomic E-state index is 0.0834. The molecular weight excluding hydrogens is 558 g/mol. The second kappa shape index (κ2) is 14.3. The average Bonchev–Trinajstić information content (AvgIpc) is 2.96. The standard InChI is InChI=1S/C35H45N3O6/c1-9-35(6,7)38(32(41)29(37-33(42)44-34(3,4)5)22-24-12-18-27(39)19-13-24)30(25-14-10-23(2)11-15-25)31(40)36-26-16-20-28(43-8)21-17-26/h10-21,29-30,39H,9,22H2,1-8H3,(H,36,40)(H,37,42). The first-order valence-electron chi connectivity index (χ1n) is 14.8. The van der Waals surface area contributed by atoms with Crippen molar-refractivity contribution < 1.29 is 29.0 Å². The zero-order chi connectivity index (χ0) is 32.7. The molecule has 3 aromatic carbocycles. The fourth-order valence-corrected chi connectivity index (χ4v) is 4.68. The molecule has 0 bridgehead atoms. The Labute approximate surface area is 260 Å². The number of methoxy groups -OCH3 is 1. The highest BCUT2D eigenvalue weighted by Crippen LogP contribution is 2.34. The number of amides is 3. The van der Waals surface area contributed by atoms with Gasteiger partial charge in [-0.25, -0.2) is 4.79 Å². The van der Waals surface area contributed by atoms with Crippen molar-refractivity contribution in [3.8, 4) is 11.5 Å². The number of carbonyl (C=O) groups excluding carboxylic acids is 3. The van der Waals surface area contributed by atoms with Crippen molar-refractivity contribution >= 4 is 23.6 Å². The van der Waals surface area contributed by atoms with Gasteiger partial charge in [-0.2, -0.15) is 0 Å². The van der Waals surface area contributed by atoms with Crippen LogP contribution in [0.3, 0.4) is 0 Å². The molecule has 44 heavy (non-hydrogen) atoms. The number of aryl methyl sites for hydroxylation is 1. The maximum Gasteiger partial charge on any atom is 0.408 e. The van der Waals surface area contributed by atoms with Gasteiger partial charge in [0.1, 0.15) is 29.2 Å². The molecule has 236 valence electrons. The Balaban J connectivity index is 2.12. The highest BCUT2D eigenvalue weighted by molar-refractivity contribution is 5.99. The van der Waals surface area contributed by atoms with Crippen molar-refractivity contribution in [1.82, 2.24) is 10.2 Å². The van der Waals surface area contributed by atoms with Crippen LogP contribution in [0.4, 0.5) is 10.5 Å². The highest BCUT2D eigenvalue weighted by atomic mass is 16.6. The number of nitrogens with one attached hydrogen (secondary N) is 2. The van der Waals surface area contributed by atoms with Crippen LogP contribution in [-0.4, -0.2) is 52.2 Å². The number of hydrogen-bond donors (Lipinski definition) is 3. The van der Waals surface area contributed by atoms with E-state index in [1.54, 1.807) is 69.2 Å². The minimum atomic E-state index is -1.08. The summed E-state index contributed by atoms with van der Waals surface area (Å²) in [6.45, 7) is 12.9. The maximum absolute atomic E-state index is 14.8. The number of benzene rings is 3. The van der Waals surface area contributed by atoms with Crippen molar-refractivity contribution in [1.29, 1.82) is 0 Å². The quantitative estimate of drug-likeness (QED) is 0.229. The van der Waals surface area contributed by atoms with E-state index >= 15 is 0 Å². The van der Waals surface area contributed by atoms with Gasteiger partial charge in [-0.1, -0.05) is 48.9 Å². The van der Waals surface area contributed by atoms with E-state index in [1.807, 2.05) is 52.0 Å². The monoisotopic (exact) mass is 603 g/mol. The third-order valence-corrected chi connectivity index (χ3v) is 7.38. The number of rotatable bonds is 11. The summed E-state index contributed by atoms with van der Waals surface area (Å²) in [5.41, 5.74) is 1.28. The molecule has 0 heterocycles. The van der Waals surface area contributed by atoms with Crippen LogP contribution in [0.1, 0.15) is 70.7 Å². The summed E-state index contributed by atoms with van der Waals surface area (Å²) in [6, 6.07) is 18.7. The predicted octanol–water partition coefficient (Wildman–Crippen LogP) is 6.54. The van der Waals surface area contributed by atoms with Crippen LogP contribution >= 0.6 is 0 Å². The van der Waals surface area contributed by atoms with E-state index in [4.69, 9.17) is 9.47 Å². The summed E-state index contributed by atoms with van der Waals surface area (Å²) in [5, 5.41) is 15.6. The first kappa shape index (κ1) is 34.0. The highest BCUT2D eigenvalue weighted by Gasteiger charge is 2.43. The molecule has 0 saturated heterocycles. The van der Waals surface area contributed by atoms with Gasteiger partial charge in [0.25, 0.3) is 5.91 Å². The van der Waals surface area contributed by atoms with Gasteiger partial charge >= 0.3 is 6.09 Å². The molecule has 0 radical (unpaired) electrons. The molecule has 0 spiro atoms. The number of phenolic OH excluding ortho intramolecular Hbond substituents is 1. The molecule has 3 aromatic rings. The smallest absolute Gasteiger partial charge is 0.408 e. The van der Waals surface area contributed by atoms with Gasteiger partial charge in [0.05, 0.1) is 7.11 Å². The van der Waals surface area contributed by atoms with Crippen LogP contribution in [0.5, 0.6) is 11.5 Å². The molecule has 2 unspecified atom stereocenters. The number of nitrogens with zero attached hydrogens (tertiary/aromatic N) is 1. The fourth-order valence-electron chi connectivity index (χ4n) is 4.68. The fraction of sp³-hybridized carbons (Fsp3) is 0.400. The number of anilines is 1. The molecule has 3 rings (SSSR count). The average molecular weight is 604 g/mol. The number of phenols is 1. The summed E-state index contributed by atoms with van der Waals surface area (Å²) < 4.78 is 10.8. The lowest BCUT2D eigenvalue weighted by Gasteiger charge is -2.44. The normalized spacial score (nSPS) is 12.9. The Kier molecular flexibility index (Phi) is 11.0. The van der Waals surface area contributed by atoms with E-state index in [1.165, 1.54) is 12.1 Å². The zero-order valence-corrected chi connectivity index (χ0v) is 26.9. The molecule has 0 aliphatic heterocycles. The molecule has 3 amide bonds. The van der Waals surface area contributed by atoms with Gasteiger partial charge in [0.2, 0.25) is 5.91 Å². The number of alkyl carbamates (subject to hydrolysis) is 1. The molecule has 9 heteroatoms. The minimum Gasteiger partial charge on any atom is -0.508 e. The van der Waals surface area contributed by atoms with Crippen LogP contribution < -0.4 is 15.4 Å². The maximum atomic E-state index is 14.8. The zero-order valence-electron chi connectivity index (χ0n) is 26.9. The largest absolute Gasteiger partial charge is 0.508 e. The molecule has 0 aliphatic rings. The SMILES string of the molecule is CCC(C)(C)N(C(=O)C(Cc1ccc(O)cc1)NC(=O)OC(C)(C)C)C(C(=O)Nc1ccc(OC)cc1)c1ccc(C)cc1. The summed E-state index contributed by atoms with van der Waals surface area (Å²) in [5.74, 6) is -0.131. The van der Waals surface area contributed by atoms with Crippen LogP contribution in [-0.2, 0) is 20.7 Å². The second-order valence-corrected chi connectivity index (χ2v) is 12.5. The third-order valence-electron chi connectivity index (χ3n) is 7.38. The van der Waals surface area contributed by atoms with Crippen LogP contribution in [0, 0.1) is 6.92 Å². The summed E-state index contributed by atoms with van der Waals surface area (Å²) in [4.78, 5) is 43.6. The summed E-state index contributed by atoms with van der Waals surface area (Å²) in [7, 11) is 1.57. The molecule has 3 N–H and O–H groups in total. The van der Waals surface area contributed by atoms with Gasteiger partial charge < -0.3 is 30.1 Å². The van der Waals surface area contributed by atoms with E-state index in [9.17, 15) is 19.5 Å². The van der Waals surface area contributed by atoms with Gasteiger partial charge in [-0.05, 0) is 95.5 Å². The first-order valence-corrected chi connectivity index (χ1v) is 14.8. The molecular formula is C35H45N3O6. The van der Waals surface area contributed by atoms with Gasteiger partial charge in [0, 0.05) is 17.6 Å². The van der Waals surface area contributed by atoms with E-state index < -0.39 is 41.1 Å². The summed E-state index contributed by atoms with van der Waals surface area (Å²) in [6.07, 6.45) is -0.122. The number of ether oxygens (including phenoxy) is 2. The Bertz CT molecular complexity index is 1410. The lowest BCUT2D eigenvalue weighted by molar-refractivity contribution is -0.147. The molecule has 2 atom stereocenters. The van der Waals surface area contributed by atoms with Crippen LogP contribution in [0.15, 0.2) is 72.8 Å². The van der Waals surface area contributed by atoms with Crippen molar-refractivity contribution in [2.45, 2.75) is 84.5 Å². The topological polar surface area (TPSA) is 117 Å². The number of carbonyl (C=O) groups is 3. The van der Waals surface area contributed by atoms with Crippen molar-refractivity contribution in [3.63, 3.8) is 0 Å². The van der Waals surface area contributed by atoms with E-state index in [0.29, 0.717) is 29.0 Å². The van der Waals surface area contributed by atoms with E-state index in [0.717, 1.165) is 5.56 Å². The van der Waals surface area contributed by atoms with E-state index in [2.05, 4.69) is 10.6 Å². The molecule has 0 aromatic heterocycles. The van der Waals surface area contributed by atoms with Crippen LogP contribution in [0.2, 0.25) is 0 Å². The van der Waals surface area contributed by atoms with Gasteiger partial charge in [0.15, 0.2) is 0 Å².